The van der Waals surface area contributed by atoms with Crippen LogP contribution in [0.4, 0.5) is 5.69 Å². The number of nitrogens with one attached hydrogen (secondary N) is 2. The Morgan fingerprint density at radius 1 is 1.27 bits per heavy atom. The quantitative estimate of drug-likeness (QED) is 0.622. The number of hydrogen-bond donors (Lipinski definition) is 2. The smallest absolute Gasteiger partial charge is 0.195 e. The van der Waals surface area contributed by atoms with Crippen molar-refractivity contribution in [3.8, 4) is 11.5 Å². The van der Waals surface area contributed by atoms with Crippen molar-refractivity contribution in [2.45, 2.75) is 13.8 Å². The molecule has 1 aromatic carbocycles. The standard InChI is InChI=1S/C16H25N3O3/c1-5-17-15(18-9-16(2)10-22-11-16)19-12-6-7-13(20-3)14(8-12)21-4/h6-8H,5,9-11H2,1-4H3,(H2,17,18,19). The monoisotopic (exact) mass is 307 g/mol. The Balaban J connectivity index is 2.08. The topological polar surface area (TPSA) is 64.1 Å². The Hall–Kier alpha value is -1.95. The van der Waals surface area contributed by atoms with Crippen molar-refractivity contribution in [3.05, 3.63) is 18.2 Å². The summed E-state index contributed by atoms with van der Waals surface area (Å²) in [6.07, 6.45) is 0. The maximum atomic E-state index is 5.32. The first-order chi connectivity index (χ1) is 10.6. The number of ether oxygens (including phenoxy) is 3. The van der Waals surface area contributed by atoms with Gasteiger partial charge in [-0.05, 0) is 19.1 Å². The Kier molecular flexibility index (Phi) is 5.49. The van der Waals surface area contributed by atoms with E-state index in [1.807, 2.05) is 25.1 Å². The first-order valence-electron chi connectivity index (χ1n) is 7.45. The molecule has 0 bridgehead atoms. The molecular formula is C16H25N3O3. The minimum Gasteiger partial charge on any atom is -0.493 e. The van der Waals surface area contributed by atoms with E-state index in [1.54, 1.807) is 14.2 Å². The van der Waals surface area contributed by atoms with Crippen molar-refractivity contribution in [2.75, 3.05) is 45.8 Å². The van der Waals surface area contributed by atoms with Crippen molar-refractivity contribution in [1.29, 1.82) is 0 Å². The van der Waals surface area contributed by atoms with E-state index < -0.39 is 0 Å². The predicted octanol–water partition coefficient (Wildman–Crippen LogP) is 2.12. The molecule has 0 radical (unpaired) electrons. The zero-order chi connectivity index (χ0) is 16.0. The Bertz CT molecular complexity index is 527. The average molecular weight is 307 g/mol. The highest BCUT2D eigenvalue weighted by Crippen LogP contribution is 2.30. The second-order valence-corrected chi connectivity index (χ2v) is 5.69. The lowest BCUT2D eigenvalue weighted by atomic mass is 9.89. The van der Waals surface area contributed by atoms with E-state index in [-0.39, 0.29) is 5.41 Å². The summed E-state index contributed by atoms with van der Waals surface area (Å²) in [5.41, 5.74) is 1.05. The van der Waals surface area contributed by atoms with E-state index in [1.165, 1.54) is 0 Å². The predicted molar refractivity (Wildman–Crippen MR) is 88.1 cm³/mol. The van der Waals surface area contributed by atoms with Crippen LogP contribution in [0.15, 0.2) is 23.2 Å². The van der Waals surface area contributed by atoms with Crippen LogP contribution in [0.3, 0.4) is 0 Å². The van der Waals surface area contributed by atoms with Crippen LogP contribution in [0.2, 0.25) is 0 Å². The summed E-state index contributed by atoms with van der Waals surface area (Å²) >= 11 is 0. The molecule has 1 saturated heterocycles. The lowest BCUT2D eigenvalue weighted by Crippen LogP contribution is -2.43. The third kappa shape index (κ3) is 4.04. The molecule has 1 aliphatic heterocycles. The first kappa shape index (κ1) is 16.4. The van der Waals surface area contributed by atoms with Crippen LogP contribution in [0, 0.1) is 5.41 Å². The first-order valence-corrected chi connectivity index (χ1v) is 7.45. The number of nitrogens with zero attached hydrogens (tertiary/aromatic N) is 1. The number of methoxy groups -OCH3 is 2. The molecule has 1 heterocycles. The number of anilines is 1. The van der Waals surface area contributed by atoms with Gasteiger partial charge >= 0.3 is 0 Å². The van der Waals surface area contributed by atoms with Crippen LogP contribution in [-0.4, -0.2) is 46.5 Å². The average Bonchev–Trinajstić information content (AvgIpc) is 2.50. The fourth-order valence-corrected chi connectivity index (χ4v) is 2.17. The van der Waals surface area contributed by atoms with Crippen LogP contribution in [0.25, 0.3) is 0 Å². The summed E-state index contributed by atoms with van der Waals surface area (Å²) in [5, 5.41) is 6.53. The summed E-state index contributed by atoms with van der Waals surface area (Å²) in [7, 11) is 3.25. The largest absolute Gasteiger partial charge is 0.493 e. The van der Waals surface area contributed by atoms with Gasteiger partial charge < -0.3 is 24.8 Å². The Morgan fingerprint density at radius 2 is 2.00 bits per heavy atom. The lowest BCUT2D eigenvalue weighted by molar-refractivity contribution is -0.0945. The number of guanidine groups is 1. The van der Waals surface area contributed by atoms with E-state index in [9.17, 15) is 0 Å². The summed E-state index contributed by atoms with van der Waals surface area (Å²) in [6, 6.07) is 5.69. The molecular weight excluding hydrogens is 282 g/mol. The number of hydrogen-bond acceptors (Lipinski definition) is 4. The maximum absolute atomic E-state index is 5.32. The minimum atomic E-state index is 0.153. The lowest BCUT2D eigenvalue weighted by Gasteiger charge is -2.36. The zero-order valence-electron chi connectivity index (χ0n) is 13.7. The van der Waals surface area contributed by atoms with E-state index in [0.29, 0.717) is 11.5 Å². The zero-order valence-corrected chi connectivity index (χ0v) is 13.7. The van der Waals surface area contributed by atoms with Gasteiger partial charge in [0.25, 0.3) is 0 Å². The van der Waals surface area contributed by atoms with Crippen molar-refractivity contribution in [3.63, 3.8) is 0 Å². The van der Waals surface area contributed by atoms with Gasteiger partial charge in [0.15, 0.2) is 17.5 Å². The molecule has 0 spiro atoms. The molecule has 6 heteroatoms. The van der Waals surface area contributed by atoms with E-state index in [2.05, 4.69) is 22.5 Å². The van der Waals surface area contributed by atoms with Gasteiger partial charge in [0.05, 0.1) is 34.0 Å². The van der Waals surface area contributed by atoms with Gasteiger partial charge in [0, 0.05) is 23.7 Å². The fourth-order valence-electron chi connectivity index (χ4n) is 2.17. The number of aliphatic imine (C=N–C) groups is 1. The summed E-state index contributed by atoms with van der Waals surface area (Å²) in [5.74, 6) is 2.14. The molecule has 0 atom stereocenters. The molecule has 0 unspecified atom stereocenters. The third-order valence-electron chi connectivity index (χ3n) is 3.51. The highest BCUT2D eigenvalue weighted by Gasteiger charge is 2.33. The summed E-state index contributed by atoms with van der Waals surface area (Å²) in [6.45, 7) is 7.29. The second kappa shape index (κ2) is 7.35. The van der Waals surface area contributed by atoms with Crippen molar-refractivity contribution in [1.82, 2.24) is 5.32 Å². The second-order valence-electron chi connectivity index (χ2n) is 5.69. The third-order valence-corrected chi connectivity index (χ3v) is 3.51. The van der Waals surface area contributed by atoms with E-state index in [0.717, 1.165) is 38.0 Å². The SMILES string of the molecule is CCNC(=NCC1(C)COC1)Nc1ccc(OC)c(OC)c1. The molecule has 0 saturated carbocycles. The van der Waals surface area contributed by atoms with Crippen LogP contribution >= 0.6 is 0 Å². The highest BCUT2D eigenvalue weighted by molar-refractivity contribution is 5.93. The Morgan fingerprint density at radius 3 is 2.55 bits per heavy atom. The number of benzene rings is 1. The van der Waals surface area contributed by atoms with Crippen molar-refractivity contribution >= 4 is 11.6 Å². The molecule has 0 aromatic heterocycles. The van der Waals surface area contributed by atoms with Gasteiger partial charge in [0.2, 0.25) is 0 Å². The molecule has 2 rings (SSSR count). The van der Waals surface area contributed by atoms with Gasteiger partial charge in [-0.2, -0.15) is 0 Å². The molecule has 1 aromatic rings. The fraction of sp³-hybridized carbons (Fsp3) is 0.562. The van der Waals surface area contributed by atoms with E-state index >= 15 is 0 Å². The van der Waals surface area contributed by atoms with Gasteiger partial charge in [0.1, 0.15) is 0 Å². The molecule has 1 fully saturated rings. The van der Waals surface area contributed by atoms with Crippen LogP contribution in [0.5, 0.6) is 11.5 Å². The minimum absolute atomic E-state index is 0.153. The molecule has 6 nitrogen and oxygen atoms in total. The molecule has 122 valence electrons. The highest BCUT2D eigenvalue weighted by atomic mass is 16.5. The van der Waals surface area contributed by atoms with Gasteiger partial charge in [-0.1, -0.05) is 6.92 Å². The molecule has 0 amide bonds. The molecule has 22 heavy (non-hydrogen) atoms. The van der Waals surface area contributed by atoms with Gasteiger partial charge in [-0.3, -0.25) is 4.99 Å². The van der Waals surface area contributed by atoms with Crippen LogP contribution in [0.1, 0.15) is 13.8 Å². The number of rotatable bonds is 6. The van der Waals surface area contributed by atoms with Gasteiger partial charge in [-0.15, -0.1) is 0 Å². The van der Waals surface area contributed by atoms with Crippen LogP contribution < -0.4 is 20.1 Å². The van der Waals surface area contributed by atoms with E-state index in [4.69, 9.17) is 14.2 Å². The maximum Gasteiger partial charge on any atom is 0.195 e. The molecule has 0 aliphatic carbocycles. The van der Waals surface area contributed by atoms with Crippen molar-refractivity contribution in [2.24, 2.45) is 10.4 Å². The summed E-state index contributed by atoms with van der Waals surface area (Å²) < 4.78 is 15.8. The van der Waals surface area contributed by atoms with Gasteiger partial charge in [-0.25, -0.2) is 0 Å². The summed E-state index contributed by atoms with van der Waals surface area (Å²) in [4.78, 5) is 4.64. The van der Waals surface area contributed by atoms with Crippen molar-refractivity contribution < 1.29 is 14.2 Å². The Labute approximate surface area is 131 Å². The molecule has 2 N–H and O–H groups in total. The molecule has 1 aliphatic rings. The van der Waals surface area contributed by atoms with Crippen LogP contribution in [-0.2, 0) is 4.74 Å². The normalized spacial score (nSPS) is 16.6.